The van der Waals surface area contributed by atoms with Crippen LogP contribution in [0, 0.1) is 5.92 Å². The van der Waals surface area contributed by atoms with E-state index in [-0.39, 0.29) is 5.91 Å². The number of carbonyl (C=O) groups is 1. The first-order chi connectivity index (χ1) is 12.7. The number of nitrogens with zero attached hydrogens (tertiary/aromatic N) is 4. The van der Waals surface area contributed by atoms with Gasteiger partial charge < -0.3 is 10.2 Å². The van der Waals surface area contributed by atoms with Gasteiger partial charge in [0.05, 0.1) is 12.2 Å². The minimum Gasteiger partial charge on any atom is -0.356 e. The number of benzene rings is 1. The van der Waals surface area contributed by atoms with Crippen molar-refractivity contribution in [1.29, 1.82) is 0 Å². The third-order valence-electron chi connectivity index (χ3n) is 4.80. The second kappa shape index (κ2) is 7.23. The minimum atomic E-state index is -0.217. The molecule has 0 spiro atoms. The molecule has 1 N–H and O–H groups in total. The van der Waals surface area contributed by atoms with Crippen molar-refractivity contribution in [3.63, 3.8) is 0 Å². The molecule has 2 heterocycles. The molecule has 0 radical (unpaired) electrons. The second-order valence-electron chi connectivity index (χ2n) is 6.95. The van der Waals surface area contributed by atoms with E-state index in [0.29, 0.717) is 12.2 Å². The molecule has 2 aromatic rings. The van der Waals surface area contributed by atoms with Crippen LogP contribution in [-0.4, -0.2) is 35.2 Å². The first-order valence-electron chi connectivity index (χ1n) is 9.24. The van der Waals surface area contributed by atoms with Gasteiger partial charge in [0.15, 0.2) is 0 Å². The Morgan fingerprint density at radius 3 is 3.00 bits per heavy atom. The van der Waals surface area contributed by atoms with E-state index in [1.165, 1.54) is 19.2 Å². The molecule has 1 saturated carbocycles. The fraction of sp³-hybridized carbons (Fsp3) is 0.400. The topological polar surface area (TPSA) is 70.5 Å². The second-order valence-corrected chi connectivity index (χ2v) is 6.95. The lowest BCUT2D eigenvalue weighted by molar-refractivity contribution is 0.102. The average molecular weight is 349 g/mol. The molecule has 0 bridgehead atoms. The van der Waals surface area contributed by atoms with E-state index < -0.39 is 0 Å². The van der Waals surface area contributed by atoms with E-state index >= 15 is 0 Å². The van der Waals surface area contributed by atoms with Gasteiger partial charge in [0.25, 0.3) is 5.91 Å². The zero-order valence-corrected chi connectivity index (χ0v) is 15.0. The Bertz CT molecular complexity index is 844. The zero-order valence-electron chi connectivity index (χ0n) is 15.0. The largest absolute Gasteiger partial charge is 0.356 e. The highest BCUT2D eigenvalue weighted by Crippen LogP contribution is 2.31. The molecule has 4 rings (SSSR count). The van der Waals surface area contributed by atoms with Gasteiger partial charge in [-0.2, -0.15) is 0 Å². The standard InChI is InChI=1S/C20H23N5O/c1-2-8-25(12-14-6-7-14)19-9-18(22-13-23-19)20(26)24-17-5-3-4-15-10-21-11-16(15)17/h3-5,9,11,13-14H,2,6-8,10,12H2,1H3,(H,24,26). The molecule has 6 nitrogen and oxygen atoms in total. The first-order valence-corrected chi connectivity index (χ1v) is 9.24. The highest BCUT2D eigenvalue weighted by atomic mass is 16.1. The summed E-state index contributed by atoms with van der Waals surface area (Å²) < 4.78 is 0. The Kier molecular flexibility index (Phi) is 4.65. The van der Waals surface area contributed by atoms with Gasteiger partial charge in [-0.15, -0.1) is 0 Å². The van der Waals surface area contributed by atoms with Crippen LogP contribution in [0.2, 0.25) is 0 Å². The lowest BCUT2D eigenvalue weighted by atomic mass is 10.1. The molecular formula is C20H23N5O. The fourth-order valence-corrected chi connectivity index (χ4v) is 3.26. The third kappa shape index (κ3) is 3.59. The fourth-order valence-electron chi connectivity index (χ4n) is 3.26. The smallest absolute Gasteiger partial charge is 0.274 e. The predicted molar refractivity (Wildman–Crippen MR) is 103 cm³/mol. The number of nitrogens with one attached hydrogen (secondary N) is 1. The molecule has 0 atom stereocenters. The van der Waals surface area contributed by atoms with Gasteiger partial charge in [-0.1, -0.05) is 19.1 Å². The molecule has 1 aromatic heterocycles. The molecule has 0 saturated heterocycles. The van der Waals surface area contributed by atoms with Gasteiger partial charge in [-0.05, 0) is 36.8 Å². The molecule has 1 aliphatic carbocycles. The van der Waals surface area contributed by atoms with Crippen LogP contribution in [0.3, 0.4) is 0 Å². The highest BCUT2D eigenvalue weighted by molar-refractivity contribution is 6.06. The SMILES string of the molecule is CCCN(CC1CC1)c1cc(C(=O)Nc2cccc3c2C=NC3)ncn1. The van der Waals surface area contributed by atoms with Crippen LogP contribution < -0.4 is 10.2 Å². The summed E-state index contributed by atoms with van der Waals surface area (Å²) in [5.74, 6) is 1.38. The molecule has 6 heteroatoms. The maximum atomic E-state index is 12.7. The Morgan fingerprint density at radius 1 is 1.31 bits per heavy atom. The number of rotatable bonds is 7. The van der Waals surface area contributed by atoms with Crippen molar-refractivity contribution in [2.45, 2.75) is 32.7 Å². The molecule has 1 amide bonds. The van der Waals surface area contributed by atoms with Crippen molar-refractivity contribution in [1.82, 2.24) is 9.97 Å². The molecule has 1 aromatic carbocycles. The number of fused-ring (bicyclic) bond motifs is 1. The summed E-state index contributed by atoms with van der Waals surface area (Å²) >= 11 is 0. The van der Waals surface area contributed by atoms with Gasteiger partial charge in [-0.3, -0.25) is 9.79 Å². The third-order valence-corrected chi connectivity index (χ3v) is 4.80. The van der Waals surface area contributed by atoms with E-state index in [0.717, 1.165) is 48.1 Å². The van der Waals surface area contributed by atoms with Crippen LogP contribution in [0.25, 0.3) is 0 Å². The summed E-state index contributed by atoms with van der Waals surface area (Å²) in [7, 11) is 0. The summed E-state index contributed by atoms with van der Waals surface area (Å²) in [6.45, 7) is 4.78. The maximum absolute atomic E-state index is 12.7. The molecule has 0 unspecified atom stereocenters. The molecular weight excluding hydrogens is 326 g/mol. The van der Waals surface area contributed by atoms with E-state index in [1.54, 1.807) is 6.07 Å². The number of aliphatic imine (C=N–C) groups is 1. The van der Waals surface area contributed by atoms with Crippen molar-refractivity contribution in [3.05, 3.63) is 47.4 Å². The van der Waals surface area contributed by atoms with Crippen LogP contribution in [0.1, 0.15) is 47.8 Å². The number of hydrogen-bond acceptors (Lipinski definition) is 5. The van der Waals surface area contributed by atoms with Crippen molar-refractivity contribution in [2.24, 2.45) is 10.9 Å². The van der Waals surface area contributed by atoms with Crippen molar-refractivity contribution >= 4 is 23.6 Å². The molecule has 1 fully saturated rings. The summed E-state index contributed by atoms with van der Waals surface area (Å²) in [6.07, 6.45) is 6.93. The minimum absolute atomic E-state index is 0.217. The van der Waals surface area contributed by atoms with E-state index in [9.17, 15) is 4.79 Å². The summed E-state index contributed by atoms with van der Waals surface area (Å²) in [4.78, 5) is 27.8. The monoisotopic (exact) mass is 349 g/mol. The normalized spacial score (nSPS) is 15.0. The molecule has 134 valence electrons. The number of anilines is 2. The van der Waals surface area contributed by atoms with Gasteiger partial charge >= 0.3 is 0 Å². The summed E-state index contributed by atoms with van der Waals surface area (Å²) in [5.41, 5.74) is 3.28. The van der Waals surface area contributed by atoms with Gasteiger partial charge in [-0.25, -0.2) is 9.97 Å². The highest BCUT2D eigenvalue weighted by Gasteiger charge is 2.25. The van der Waals surface area contributed by atoms with Gasteiger partial charge in [0, 0.05) is 30.9 Å². The number of aromatic nitrogens is 2. The summed E-state index contributed by atoms with van der Waals surface area (Å²) in [6, 6.07) is 7.66. The van der Waals surface area contributed by atoms with Crippen molar-refractivity contribution in [3.8, 4) is 0 Å². The number of hydrogen-bond donors (Lipinski definition) is 1. The lowest BCUT2D eigenvalue weighted by Crippen LogP contribution is -2.28. The summed E-state index contributed by atoms with van der Waals surface area (Å²) in [5, 5.41) is 2.97. The first kappa shape index (κ1) is 16.7. The molecule has 26 heavy (non-hydrogen) atoms. The van der Waals surface area contributed by atoms with Gasteiger partial charge in [0.1, 0.15) is 17.8 Å². The van der Waals surface area contributed by atoms with Crippen molar-refractivity contribution < 1.29 is 4.79 Å². The van der Waals surface area contributed by atoms with Crippen LogP contribution in [0.5, 0.6) is 0 Å². The van der Waals surface area contributed by atoms with Crippen molar-refractivity contribution in [2.75, 3.05) is 23.3 Å². The van der Waals surface area contributed by atoms with Crippen LogP contribution in [0.15, 0.2) is 35.6 Å². The molecule has 2 aliphatic rings. The Morgan fingerprint density at radius 2 is 2.19 bits per heavy atom. The molecule has 1 aliphatic heterocycles. The maximum Gasteiger partial charge on any atom is 0.274 e. The van der Waals surface area contributed by atoms with Crippen LogP contribution in [-0.2, 0) is 6.54 Å². The van der Waals surface area contributed by atoms with E-state index in [2.05, 4.69) is 32.1 Å². The Labute approximate surface area is 153 Å². The van der Waals surface area contributed by atoms with Crippen LogP contribution in [0.4, 0.5) is 11.5 Å². The van der Waals surface area contributed by atoms with Crippen LogP contribution >= 0.6 is 0 Å². The Hall–Kier alpha value is -2.76. The number of carbonyl (C=O) groups excluding carboxylic acids is 1. The van der Waals surface area contributed by atoms with Gasteiger partial charge in [0.2, 0.25) is 0 Å². The lowest BCUT2D eigenvalue weighted by Gasteiger charge is -2.23. The zero-order chi connectivity index (χ0) is 17.9. The Balaban J connectivity index is 1.53. The predicted octanol–water partition coefficient (Wildman–Crippen LogP) is 3.29. The number of amides is 1. The van der Waals surface area contributed by atoms with E-state index in [4.69, 9.17) is 0 Å². The quantitative estimate of drug-likeness (QED) is 0.833. The average Bonchev–Trinajstić information content (AvgIpc) is 3.34. The van der Waals surface area contributed by atoms with E-state index in [1.807, 2.05) is 24.4 Å².